The van der Waals surface area contributed by atoms with Gasteiger partial charge in [-0.15, -0.1) is 0 Å². The van der Waals surface area contributed by atoms with Gasteiger partial charge in [0.1, 0.15) is 5.54 Å². The van der Waals surface area contributed by atoms with Crippen molar-refractivity contribution in [2.45, 2.75) is 45.7 Å². The topological polar surface area (TPSA) is 39.1 Å². The third kappa shape index (κ3) is 3.81. The van der Waals surface area contributed by atoms with Gasteiger partial charge in [-0.2, -0.15) is 5.26 Å². The van der Waals surface area contributed by atoms with Gasteiger partial charge in [-0.25, -0.2) is 0 Å². The van der Waals surface area contributed by atoms with Gasteiger partial charge in [-0.1, -0.05) is 6.92 Å². The summed E-state index contributed by atoms with van der Waals surface area (Å²) in [7, 11) is 0. The zero-order valence-electron chi connectivity index (χ0n) is 10.4. The van der Waals surface area contributed by atoms with Gasteiger partial charge in [0, 0.05) is 19.1 Å². The van der Waals surface area contributed by atoms with Crippen molar-refractivity contribution in [3.05, 3.63) is 0 Å². The predicted octanol–water partition coefficient (Wildman–Crippen LogP) is 1.61. The van der Waals surface area contributed by atoms with Gasteiger partial charge in [0.25, 0.3) is 0 Å². The Morgan fingerprint density at radius 1 is 1.60 bits per heavy atom. The molecule has 0 bridgehead atoms. The van der Waals surface area contributed by atoms with Gasteiger partial charge in [0.2, 0.25) is 0 Å². The van der Waals surface area contributed by atoms with E-state index >= 15 is 0 Å². The Morgan fingerprint density at radius 3 is 2.67 bits per heavy atom. The third-order valence-electron chi connectivity index (χ3n) is 2.90. The van der Waals surface area contributed by atoms with E-state index in [9.17, 15) is 5.26 Å². The normalized spacial score (nSPS) is 26.5. The number of nitrogens with zero attached hydrogens (tertiary/aromatic N) is 2. The maximum Gasteiger partial charge on any atom is 0.116 e. The maximum absolute atomic E-state index is 9.22. The summed E-state index contributed by atoms with van der Waals surface area (Å²) in [6, 6.07) is 2.75. The number of nitriles is 1. The molecule has 0 aromatic rings. The number of nitrogens with one attached hydrogen (secondary N) is 1. The van der Waals surface area contributed by atoms with E-state index in [1.807, 2.05) is 6.92 Å². The second kappa shape index (κ2) is 4.96. The van der Waals surface area contributed by atoms with Crippen LogP contribution in [0.15, 0.2) is 0 Å². The van der Waals surface area contributed by atoms with Crippen molar-refractivity contribution in [3.8, 4) is 6.07 Å². The molecule has 1 fully saturated rings. The molecule has 86 valence electrons. The molecule has 0 aromatic carbocycles. The highest BCUT2D eigenvalue weighted by Crippen LogP contribution is 2.18. The van der Waals surface area contributed by atoms with E-state index in [-0.39, 0.29) is 0 Å². The number of hydrogen-bond acceptors (Lipinski definition) is 3. The van der Waals surface area contributed by atoms with Crippen molar-refractivity contribution in [1.29, 1.82) is 5.26 Å². The highest BCUT2D eigenvalue weighted by Gasteiger charge is 2.30. The first-order valence-corrected chi connectivity index (χ1v) is 5.86. The second-order valence-electron chi connectivity index (χ2n) is 5.37. The lowest BCUT2D eigenvalue weighted by Gasteiger charge is -2.30. The minimum absolute atomic E-state index is 0.356. The minimum atomic E-state index is -0.405. The van der Waals surface area contributed by atoms with Crippen molar-refractivity contribution >= 4 is 0 Å². The van der Waals surface area contributed by atoms with Gasteiger partial charge < -0.3 is 4.90 Å². The van der Waals surface area contributed by atoms with Crippen LogP contribution < -0.4 is 5.32 Å². The molecule has 1 aliphatic rings. The fourth-order valence-electron chi connectivity index (χ4n) is 2.37. The summed E-state index contributed by atoms with van der Waals surface area (Å²) >= 11 is 0. The van der Waals surface area contributed by atoms with Gasteiger partial charge in [-0.3, -0.25) is 5.32 Å². The molecule has 0 saturated carbocycles. The molecule has 0 aliphatic carbocycles. The summed E-state index contributed by atoms with van der Waals surface area (Å²) in [5.41, 5.74) is -0.405. The Kier molecular flexibility index (Phi) is 4.12. The van der Waals surface area contributed by atoms with Crippen molar-refractivity contribution in [2.24, 2.45) is 5.92 Å². The molecule has 0 spiro atoms. The summed E-state index contributed by atoms with van der Waals surface area (Å²) < 4.78 is 0. The first-order chi connectivity index (χ1) is 6.95. The number of hydrogen-bond donors (Lipinski definition) is 1. The van der Waals surface area contributed by atoms with Crippen LogP contribution in [0.3, 0.4) is 0 Å². The molecule has 2 atom stereocenters. The van der Waals surface area contributed by atoms with E-state index in [0.29, 0.717) is 6.04 Å². The fraction of sp³-hybridized carbons (Fsp3) is 0.917. The summed E-state index contributed by atoms with van der Waals surface area (Å²) in [5.74, 6) is 0.784. The van der Waals surface area contributed by atoms with Crippen LogP contribution in [0.1, 0.15) is 34.1 Å². The lowest BCUT2D eigenvalue weighted by molar-refractivity contribution is 0.246. The van der Waals surface area contributed by atoms with Crippen LogP contribution in [0, 0.1) is 17.2 Å². The van der Waals surface area contributed by atoms with Crippen LogP contribution >= 0.6 is 0 Å². The largest absolute Gasteiger partial charge is 0.300 e. The van der Waals surface area contributed by atoms with E-state index in [1.165, 1.54) is 6.42 Å². The summed E-state index contributed by atoms with van der Waals surface area (Å²) in [6.07, 6.45) is 1.27. The van der Waals surface area contributed by atoms with Gasteiger partial charge >= 0.3 is 0 Å². The maximum atomic E-state index is 9.22. The van der Waals surface area contributed by atoms with E-state index in [4.69, 9.17) is 0 Å². The van der Waals surface area contributed by atoms with E-state index in [0.717, 1.165) is 25.6 Å². The molecule has 0 aromatic heterocycles. The van der Waals surface area contributed by atoms with Crippen molar-refractivity contribution in [1.82, 2.24) is 10.2 Å². The first kappa shape index (κ1) is 12.5. The van der Waals surface area contributed by atoms with Gasteiger partial charge in [0.15, 0.2) is 0 Å². The van der Waals surface area contributed by atoms with Crippen molar-refractivity contribution in [3.63, 3.8) is 0 Å². The molecule has 3 nitrogen and oxygen atoms in total. The molecule has 1 saturated heterocycles. The van der Waals surface area contributed by atoms with Gasteiger partial charge in [-0.05, 0) is 39.7 Å². The molecule has 1 N–H and O–H groups in total. The first-order valence-electron chi connectivity index (χ1n) is 5.86. The molecule has 0 amide bonds. The second-order valence-corrected chi connectivity index (χ2v) is 5.37. The highest BCUT2D eigenvalue weighted by molar-refractivity contribution is 5.06. The number of likely N-dealkylation sites (tertiary alicyclic amines) is 1. The van der Waals surface area contributed by atoms with Crippen LogP contribution in [0.2, 0.25) is 0 Å². The molecule has 15 heavy (non-hydrogen) atoms. The van der Waals surface area contributed by atoms with Crippen LogP contribution in [-0.4, -0.2) is 36.1 Å². The number of rotatable bonds is 4. The van der Waals surface area contributed by atoms with E-state index < -0.39 is 5.54 Å². The monoisotopic (exact) mass is 209 g/mol. The molecular formula is C12H23N3. The SMILES string of the molecule is CC1CCN(CC(C)(C#N)NC(C)C)C1. The third-order valence-corrected chi connectivity index (χ3v) is 2.90. The highest BCUT2D eigenvalue weighted by atomic mass is 15.2. The average Bonchev–Trinajstić information content (AvgIpc) is 2.49. The molecule has 3 heteroatoms. The molecule has 1 aliphatic heterocycles. The lowest BCUT2D eigenvalue weighted by atomic mass is 10.0. The van der Waals surface area contributed by atoms with Crippen molar-refractivity contribution < 1.29 is 0 Å². The van der Waals surface area contributed by atoms with Crippen molar-refractivity contribution in [2.75, 3.05) is 19.6 Å². The molecule has 1 heterocycles. The summed E-state index contributed by atoms with van der Waals surface area (Å²) in [4.78, 5) is 2.39. The minimum Gasteiger partial charge on any atom is -0.300 e. The van der Waals surface area contributed by atoms with E-state index in [2.05, 4.69) is 37.1 Å². The zero-order chi connectivity index (χ0) is 11.5. The molecular weight excluding hydrogens is 186 g/mol. The Balaban J connectivity index is 2.49. The van der Waals surface area contributed by atoms with E-state index in [1.54, 1.807) is 0 Å². The quantitative estimate of drug-likeness (QED) is 0.764. The fourth-order valence-corrected chi connectivity index (χ4v) is 2.37. The Morgan fingerprint density at radius 2 is 2.27 bits per heavy atom. The van der Waals surface area contributed by atoms with Crippen LogP contribution in [0.5, 0.6) is 0 Å². The molecule has 0 radical (unpaired) electrons. The van der Waals surface area contributed by atoms with Crippen LogP contribution in [-0.2, 0) is 0 Å². The Hall–Kier alpha value is -0.590. The summed E-state index contributed by atoms with van der Waals surface area (Å²) in [5, 5.41) is 12.6. The Bertz CT molecular complexity index is 244. The smallest absolute Gasteiger partial charge is 0.116 e. The zero-order valence-corrected chi connectivity index (χ0v) is 10.4. The summed E-state index contributed by atoms with van der Waals surface area (Å²) in [6.45, 7) is 11.6. The molecule has 2 unspecified atom stereocenters. The standard InChI is InChI=1S/C12H23N3/c1-10(2)14-12(4,8-13)9-15-6-5-11(3)7-15/h10-11,14H,5-7,9H2,1-4H3. The molecule has 1 rings (SSSR count). The lowest BCUT2D eigenvalue weighted by Crippen LogP contribution is -2.52. The average molecular weight is 209 g/mol. The predicted molar refractivity (Wildman–Crippen MR) is 62.5 cm³/mol. The van der Waals surface area contributed by atoms with Crippen LogP contribution in [0.4, 0.5) is 0 Å². The van der Waals surface area contributed by atoms with Crippen LogP contribution in [0.25, 0.3) is 0 Å². The van der Waals surface area contributed by atoms with Gasteiger partial charge in [0.05, 0.1) is 6.07 Å². The Labute approximate surface area is 93.5 Å².